The van der Waals surface area contributed by atoms with Crippen molar-refractivity contribution in [1.82, 2.24) is 9.78 Å². The zero-order valence-corrected chi connectivity index (χ0v) is 16.8. The first-order valence-electron chi connectivity index (χ1n) is 9.01. The minimum atomic E-state index is -0.865. The van der Waals surface area contributed by atoms with Crippen LogP contribution in [0.3, 0.4) is 0 Å². The van der Waals surface area contributed by atoms with Crippen LogP contribution in [0.15, 0.2) is 66.7 Å². The SMILES string of the molecule is O=C(O)CCNc1cc(-c2cc(Cl)cc(Cl)c2)nn1-c1ccc2ccccc2c1. The van der Waals surface area contributed by atoms with Crippen LogP contribution < -0.4 is 5.32 Å². The molecule has 1 heterocycles. The Hall–Kier alpha value is -3.02. The van der Waals surface area contributed by atoms with Gasteiger partial charge in [-0.15, -0.1) is 0 Å². The van der Waals surface area contributed by atoms with Crippen molar-refractivity contribution < 1.29 is 9.90 Å². The predicted molar refractivity (Wildman–Crippen MR) is 117 cm³/mol. The maximum absolute atomic E-state index is 10.9. The number of carbonyl (C=O) groups is 1. The largest absolute Gasteiger partial charge is 0.481 e. The fourth-order valence-electron chi connectivity index (χ4n) is 3.15. The van der Waals surface area contributed by atoms with Crippen LogP contribution in [0.4, 0.5) is 5.82 Å². The van der Waals surface area contributed by atoms with E-state index in [1.54, 1.807) is 22.9 Å². The van der Waals surface area contributed by atoms with Crippen LogP contribution in [-0.4, -0.2) is 27.4 Å². The zero-order chi connectivity index (χ0) is 20.4. The summed E-state index contributed by atoms with van der Waals surface area (Å²) in [6, 6.07) is 21.2. The third-order valence-electron chi connectivity index (χ3n) is 4.49. The molecular weight excluding hydrogens is 409 g/mol. The van der Waals surface area contributed by atoms with E-state index in [4.69, 9.17) is 33.4 Å². The normalized spacial score (nSPS) is 11.0. The first-order chi connectivity index (χ1) is 14.0. The Labute approximate surface area is 177 Å². The molecule has 0 atom stereocenters. The Balaban J connectivity index is 1.78. The maximum Gasteiger partial charge on any atom is 0.305 e. The molecule has 5 nitrogen and oxygen atoms in total. The minimum Gasteiger partial charge on any atom is -0.481 e. The average molecular weight is 426 g/mol. The second-order valence-electron chi connectivity index (χ2n) is 6.59. The van der Waals surface area contributed by atoms with Gasteiger partial charge in [-0.2, -0.15) is 5.10 Å². The first kappa shape index (κ1) is 19.3. The Kier molecular flexibility index (Phi) is 5.43. The molecule has 0 fully saturated rings. The second kappa shape index (κ2) is 8.15. The lowest BCUT2D eigenvalue weighted by Gasteiger charge is -2.10. The summed E-state index contributed by atoms with van der Waals surface area (Å²) in [5.74, 6) is -0.177. The van der Waals surface area contributed by atoms with Crippen LogP contribution in [0.2, 0.25) is 10.0 Å². The molecule has 0 saturated heterocycles. The summed E-state index contributed by atoms with van der Waals surface area (Å²) in [7, 11) is 0. The number of carboxylic acids is 1. The summed E-state index contributed by atoms with van der Waals surface area (Å²) in [6.45, 7) is 0.282. The highest BCUT2D eigenvalue weighted by Crippen LogP contribution is 2.30. The molecule has 4 aromatic rings. The Morgan fingerprint density at radius 1 is 0.966 bits per heavy atom. The zero-order valence-electron chi connectivity index (χ0n) is 15.3. The number of hydrogen-bond acceptors (Lipinski definition) is 3. The van der Waals surface area contributed by atoms with Crippen molar-refractivity contribution in [2.45, 2.75) is 6.42 Å². The third-order valence-corrected chi connectivity index (χ3v) is 4.93. The first-order valence-corrected chi connectivity index (χ1v) is 9.76. The van der Waals surface area contributed by atoms with E-state index < -0.39 is 5.97 Å². The molecule has 0 aliphatic heterocycles. The van der Waals surface area contributed by atoms with Gasteiger partial charge in [0.15, 0.2) is 0 Å². The number of anilines is 1. The molecule has 146 valence electrons. The standard InChI is InChI=1S/C22H17Cl2N3O2/c23-17-9-16(10-18(24)12-17)20-13-21(25-8-7-22(28)29)27(26-20)19-6-5-14-3-1-2-4-15(14)11-19/h1-6,9-13,25H,7-8H2,(H,28,29). The van der Waals surface area contributed by atoms with Crippen LogP contribution in [0, 0.1) is 0 Å². The molecule has 0 bridgehead atoms. The predicted octanol–water partition coefficient (Wildman–Crippen LogP) is 5.89. The fourth-order valence-corrected chi connectivity index (χ4v) is 3.68. The van der Waals surface area contributed by atoms with Crippen molar-refractivity contribution >= 4 is 45.8 Å². The maximum atomic E-state index is 10.9. The number of nitrogens with one attached hydrogen (secondary N) is 1. The van der Waals surface area contributed by atoms with Crippen molar-refractivity contribution in [3.05, 3.63) is 76.8 Å². The van der Waals surface area contributed by atoms with Crippen molar-refractivity contribution in [2.75, 3.05) is 11.9 Å². The van der Waals surface area contributed by atoms with Crippen LogP contribution >= 0.6 is 23.2 Å². The topological polar surface area (TPSA) is 67.2 Å². The van der Waals surface area contributed by atoms with Gasteiger partial charge < -0.3 is 10.4 Å². The quantitative estimate of drug-likeness (QED) is 0.404. The van der Waals surface area contributed by atoms with E-state index in [1.165, 1.54) is 0 Å². The summed E-state index contributed by atoms with van der Waals surface area (Å²) in [6.07, 6.45) is 0.00122. The molecule has 0 spiro atoms. The smallest absolute Gasteiger partial charge is 0.305 e. The molecule has 1 aromatic heterocycles. The lowest BCUT2D eigenvalue weighted by atomic mass is 10.1. The number of fused-ring (bicyclic) bond motifs is 1. The van der Waals surface area contributed by atoms with Crippen LogP contribution in [0.1, 0.15) is 6.42 Å². The highest BCUT2D eigenvalue weighted by Gasteiger charge is 2.13. The summed E-state index contributed by atoms with van der Waals surface area (Å²) in [5, 5.41) is 20.1. The molecular formula is C22H17Cl2N3O2. The Morgan fingerprint density at radius 2 is 1.69 bits per heavy atom. The third kappa shape index (κ3) is 4.36. The van der Waals surface area contributed by atoms with E-state index in [0.717, 1.165) is 22.0 Å². The minimum absolute atomic E-state index is 0.00122. The van der Waals surface area contributed by atoms with Crippen LogP contribution in [-0.2, 0) is 4.79 Å². The molecule has 29 heavy (non-hydrogen) atoms. The van der Waals surface area contributed by atoms with Crippen molar-refractivity contribution in [3.8, 4) is 16.9 Å². The van der Waals surface area contributed by atoms with Gasteiger partial charge in [0.05, 0.1) is 17.8 Å². The molecule has 3 aromatic carbocycles. The van der Waals surface area contributed by atoms with E-state index in [0.29, 0.717) is 21.6 Å². The van der Waals surface area contributed by atoms with E-state index in [2.05, 4.69) is 5.32 Å². The van der Waals surface area contributed by atoms with Gasteiger partial charge in [-0.05, 0) is 41.1 Å². The average Bonchev–Trinajstić information content (AvgIpc) is 3.11. The van der Waals surface area contributed by atoms with Gasteiger partial charge in [0.1, 0.15) is 5.82 Å². The van der Waals surface area contributed by atoms with E-state index in [1.807, 2.05) is 48.5 Å². The molecule has 0 amide bonds. The lowest BCUT2D eigenvalue weighted by molar-refractivity contribution is -0.136. The van der Waals surface area contributed by atoms with Gasteiger partial charge in [0, 0.05) is 28.2 Å². The summed E-state index contributed by atoms with van der Waals surface area (Å²) in [5.41, 5.74) is 2.32. The number of nitrogens with zero attached hydrogens (tertiary/aromatic N) is 2. The van der Waals surface area contributed by atoms with Crippen LogP contribution in [0.25, 0.3) is 27.7 Å². The summed E-state index contributed by atoms with van der Waals surface area (Å²) >= 11 is 12.3. The molecule has 2 N–H and O–H groups in total. The van der Waals surface area contributed by atoms with Gasteiger partial charge in [0.25, 0.3) is 0 Å². The molecule has 4 rings (SSSR count). The van der Waals surface area contributed by atoms with E-state index in [9.17, 15) is 4.79 Å². The van der Waals surface area contributed by atoms with Gasteiger partial charge >= 0.3 is 5.97 Å². The molecule has 0 aliphatic carbocycles. The Bertz CT molecular complexity index is 1180. The van der Waals surface area contributed by atoms with Gasteiger partial charge in [-0.1, -0.05) is 53.5 Å². The van der Waals surface area contributed by atoms with Gasteiger partial charge in [-0.3, -0.25) is 4.79 Å². The van der Waals surface area contributed by atoms with E-state index >= 15 is 0 Å². The molecule has 0 radical (unpaired) electrons. The van der Waals surface area contributed by atoms with Crippen molar-refractivity contribution in [2.24, 2.45) is 0 Å². The van der Waals surface area contributed by atoms with Gasteiger partial charge in [-0.25, -0.2) is 4.68 Å². The Morgan fingerprint density at radius 3 is 2.41 bits per heavy atom. The molecule has 0 unspecified atom stereocenters. The highest BCUT2D eigenvalue weighted by molar-refractivity contribution is 6.35. The number of benzene rings is 3. The fraction of sp³-hybridized carbons (Fsp3) is 0.0909. The lowest BCUT2D eigenvalue weighted by Crippen LogP contribution is -2.11. The molecule has 0 aliphatic rings. The van der Waals surface area contributed by atoms with Crippen LogP contribution in [0.5, 0.6) is 0 Å². The number of hydrogen-bond donors (Lipinski definition) is 2. The van der Waals surface area contributed by atoms with Crippen molar-refractivity contribution in [3.63, 3.8) is 0 Å². The molecule has 7 heteroatoms. The number of carboxylic acid groups (broad SMARTS) is 1. The number of rotatable bonds is 6. The summed E-state index contributed by atoms with van der Waals surface area (Å²) < 4.78 is 1.76. The number of halogens is 2. The number of aliphatic carboxylic acids is 1. The second-order valence-corrected chi connectivity index (χ2v) is 7.46. The molecule has 0 saturated carbocycles. The van der Waals surface area contributed by atoms with Crippen molar-refractivity contribution in [1.29, 1.82) is 0 Å². The summed E-state index contributed by atoms with van der Waals surface area (Å²) in [4.78, 5) is 10.9. The monoisotopic (exact) mass is 425 g/mol. The highest BCUT2D eigenvalue weighted by atomic mass is 35.5. The van der Waals surface area contributed by atoms with Gasteiger partial charge in [0.2, 0.25) is 0 Å². The number of aromatic nitrogens is 2. The van der Waals surface area contributed by atoms with E-state index in [-0.39, 0.29) is 13.0 Å².